The Bertz CT molecular complexity index is 1000. The van der Waals surface area contributed by atoms with E-state index in [-0.39, 0.29) is 17.7 Å². The number of hydrogen-bond acceptors (Lipinski definition) is 5. The number of carbonyl (C=O) groups excluding carboxylic acids is 2. The molecule has 3 fully saturated rings. The number of nitrogens with zero attached hydrogens (tertiary/aromatic N) is 4. The van der Waals surface area contributed by atoms with Crippen molar-refractivity contribution < 1.29 is 14.3 Å². The van der Waals surface area contributed by atoms with Gasteiger partial charge in [-0.1, -0.05) is 31.0 Å². The summed E-state index contributed by atoms with van der Waals surface area (Å²) in [5.41, 5.74) is 0.338. The van der Waals surface area contributed by atoms with Crippen LogP contribution in [0.2, 0.25) is 0 Å². The van der Waals surface area contributed by atoms with Gasteiger partial charge in [0.1, 0.15) is 5.75 Å². The number of amides is 2. The molecule has 3 aliphatic rings. The third-order valence-electron chi connectivity index (χ3n) is 7.69. The fraction of sp³-hybridized carbons (Fsp3) is 0.556. The van der Waals surface area contributed by atoms with E-state index < -0.39 is 5.41 Å². The minimum absolute atomic E-state index is 0.122. The molecule has 2 aromatic rings. The van der Waals surface area contributed by atoms with Gasteiger partial charge in [-0.05, 0) is 50.7 Å². The van der Waals surface area contributed by atoms with Gasteiger partial charge in [-0.3, -0.25) is 14.6 Å². The number of carbonyl (C=O) groups is 2. The van der Waals surface area contributed by atoms with Gasteiger partial charge >= 0.3 is 0 Å². The largest absolute Gasteiger partial charge is 0.437 e. The van der Waals surface area contributed by atoms with Gasteiger partial charge in [0.25, 0.3) is 0 Å². The number of rotatable bonds is 6. The zero-order valence-corrected chi connectivity index (χ0v) is 19.8. The van der Waals surface area contributed by atoms with Crippen molar-refractivity contribution in [1.29, 1.82) is 0 Å². The highest BCUT2D eigenvalue weighted by molar-refractivity contribution is 5.89. The molecule has 1 aromatic heterocycles. The summed E-state index contributed by atoms with van der Waals surface area (Å²) >= 11 is 0. The van der Waals surface area contributed by atoms with Gasteiger partial charge in [-0.15, -0.1) is 0 Å². The first-order valence-electron chi connectivity index (χ1n) is 12.7. The van der Waals surface area contributed by atoms with E-state index in [9.17, 15) is 9.59 Å². The molecule has 7 heteroatoms. The van der Waals surface area contributed by atoms with Crippen LogP contribution < -0.4 is 4.74 Å². The van der Waals surface area contributed by atoms with Crippen molar-refractivity contribution in [3.05, 3.63) is 48.4 Å². The number of hydrogen-bond donors (Lipinski definition) is 0. The van der Waals surface area contributed by atoms with Crippen molar-refractivity contribution in [2.45, 2.75) is 63.7 Å². The normalized spacial score (nSPS) is 22.1. The highest BCUT2D eigenvalue weighted by atomic mass is 16.5. The van der Waals surface area contributed by atoms with E-state index in [2.05, 4.69) is 4.98 Å². The predicted molar refractivity (Wildman–Crippen MR) is 128 cm³/mol. The van der Waals surface area contributed by atoms with Gasteiger partial charge in [-0.2, -0.15) is 0 Å². The van der Waals surface area contributed by atoms with Crippen molar-refractivity contribution in [2.24, 2.45) is 5.41 Å². The molecule has 2 amide bonds. The number of ether oxygens (including phenoxy) is 1. The van der Waals surface area contributed by atoms with Crippen LogP contribution in [0.5, 0.6) is 11.6 Å². The molecule has 7 nitrogen and oxygen atoms in total. The van der Waals surface area contributed by atoms with Crippen molar-refractivity contribution in [3.8, 4) is 11.6 Å². The average molecular weight is 463 g/mol. The zero-order chi connectivity index (χ0) is 23.4. The van der Waals surface area contributed by atoms with E-state index in [4.69, 9.17) is 9.72 Å². The van der Waals surface area contributed by atoms with Gasteiger partial charge in [0.15, 0.2) is 0 Å². The lowest BCUT2D eigenvalue weighted by Gasteiger charge is -2.39. The quantitative estimate of drug-likeness (QED) is 0.630. The van der Waals surface area contributed by atoms with E-state index in [1.807, 2.05) is 40.1 Å². The maximum atomic E-state index is 13.9. The summed E-state index contributed by atoms with van der Waals surface area (Å²) in [7, 11) is 0. The first kappa shape index (κ1) is 22.8. The number of piperidine rings is 1. The van der Waals surface area contributed by atoms with Gasteiger partial charge in [0.05, 0.1) is 17.3 Å². The molecular formula is C27H34N4O3. The van der Waals surface area contributed by atoms with Crippen molar-refractivity contribution >= 4 is 11.8 Å². The highest BCUT2D eigenvalue weighted by Crippen LogP contribution is 2.44. The van der Waals surface area contributed by atoms with Crippen molar-refractivity contribution in [1.82, 2.24) is 19.8 Å². The molecule has 1 aromatic carbocycles. The second-order valence-electron chi connectivity index (χ2n) is 10.0. The highest BCUT2D eigenvalue weighted by Gasteiger charge is 2.46. The predicted octanol–water partition coefficient (Wildman–Crippen LogP) is 4.55. The number of aromatic nitrogens is 2. The van der Waals surface area contributed by atoms with Gasteiger partial charge < -0.3 is 14.5 Å². The number of benzene rings is 1. The van der Waals surface area contributed by atoms with E-state index in [1.165, 1.54) is 0 Å². The molecule has 1 atom stereocenters. The average Bonchev–Trinajstić information content (AvgIpc) is 3.58. The Balaban J connectivity index is 1.28. The van der Waals surface area contributed by atoms with Crippen LogP contribution in [-0.4, -0.2) is 57.8 Å². The molecule has 34 heavy (non-hydrogen) atoms. The van der Waals surface area contributed by atoms with Gasteiger partial charge in [-0.25, -0.2) is 4.98 Å². The van der Waals surface area contributed by atoms with Crippen LogP contribution in [0.3, 0.4) is 0 Å². The lowest BCUT2D eigenvalue weighted by Crippen LogP contribution is -2.48. The first-order chi connectivity index (χ1) is 16.6. The number of para-hydroxylation sites is 1. The SMILES string of the molecule is O=C(CC1(C(=O)N2CCC[C@H](c3cncc(Oc4ccccc4)n3)C2)CCCC1)N1CCCC1. The summed E-state index contributed by atoms with van der Waals surface area (Å²) in [6, 6.07) is 9.56. The molecule has 2 aliphatic heterocycles. The molecule has 0 unspecified atom stereocenters. The Morgan fingerprint density at radius 3 is 2.44 bits per heavy atom. The molecule has 180 valence electrons. The van der Waals surface area contributed by atoms with E-state index in [1.54, 1.807) is 12.4 Å². The third-order valence-corrected chi connectivity index (χ3v) is 7.69. The van der Waals surface area contributed by atoms with E-state index in [0.717, 1.165) is 82.4 Å². The summed E-state index contributed by atoms with van der Waals surface area (Å²) in [5.74, 6) is 1.65. The van der Waals surface area contributed by atoms with Crippen LogP contribution in [0.25, 0.3) is 0 Å². The fourth-order valence-electron chi connectivity index (χ4n) is 5.84. The molecule has 1 aliphatic carbocycles. The minimum atomic E-state index is -0.522. The fourth-order valence-corrected chi connectivity index (χ4v) is 5.84. The minimum Gasteiger partial charge on any atom is -0.437 e. The molecule has 1 saturated carbocycles. The third kappa shape index (κ3) is 4.93. The van der Waals surface area contributed by atoms with Crippen molar-refractivity contribution in [2.75, 3.05) is 26.2 Å². The number of likely N-dealkylation sites (tertiary alicyclic amines) is 2. The zero-order valence-electron chi connectivity index (χ0n) is 19.8. The van der Waals surface area contributed by atoms with Crippen LogP contribution in [-0.2, 0) is 9.59 Å². The Hall–Kier alpha value is -2.96. The molecule has 0 bridgehead atoms. The molecule has 5 rings (SSSR count). The topological polar surface area (TPSA) is 75.6 Å². The molecule has 0 radical (unpaired) electrons. The summed E-state index contributed by atoms with van der Waals surface area (Å²) in [6.07, 6.45) is 11.5. The molecule has 0 spiro atoms. The molecular weight excluding hydrogens is 428 g/mol. The monoisotopic (exact) mass is 462 g/mol. The van der Waals surface area contributed by atoms with Crippen molar-refractivity contribution in [3.63, 3.8) is 0 Å². The first-order valence-corrected chi connectivity index (χ1v) is 12.7. The Morgan fingerprint density at radius 2 is 1.68 bits per heavy atom. The van der Waals surface area contributed by atoms with Gasteiger partial charge in [0, 0.05) is 44.7 Å². The Labute approximate surface area is 201 Å². The van der Waals surface area contributed by atoms with Crippen LogP contribution in [0.4, 0.5) is 0 Å². The summed E-state index contributed by atoms with van der Waals surface area (Å²) in [4.78, 5) is 39.9. The summed E-state index contributed by atoms with van der Waals surface area (Å²) in [6.45, 7) is 3.06. The molecule has 3 heterocycles. The van der Waals surface area contributed by atoms with Gasteiger partial charge in [0.2, 0.25) is 17.7 Å². The van der Waals surface area contributed by atoms with E-state index >= 15 is 0 Å². The van der Waals surface area contributed by atoms with E-state index in [0.29, 0.717) is 18.8 Å². The standard InChI is InChI=1S/C27H34N4O3/c32-25(30-14-6-7-15-30)17-27(12-4-5-13-27)26(33)31-16-8-9-21(20-31)23-18-28-19-24(29-23)34-22-10-2-1-3-11-22/h1-3,10-11,18-19,21H,4-9,12-17,20H2/t21-/m0/s1. The maximum absolute atomic E-state index is 13.9. The van der Waals surface area contributed by atoms with Crippen LogP contribution in [0, 0.1) is 5.41 Å². The Kier molecular flexibility index (Phi) is 6.79. The summed E-state index contributed by atoms with van der Waals surface area (Å²) in [5, 5.41) is 0. The van der Waals surface area contributed by atoms with Crippen LogP contribution in [0.1, 0.15) is 69.4 Å². The lowest BCUT2D eigenvalue weighted by molar-refractivity contribution is -0.148. The second-order valence-corrected chi connectivity index (χ2v) is 10.0. The molecule has 2 saturated heterocycles. The van der Waals surface area contributed by atoms with Crippen LogP contribution >= 0.6 is 0 Å². The lowest BCUT2D eigenvalue weighted by atomic mass is 9.79. The molecule has 0 N–H and O–H groups in total. The smallest absolute Gasteiger partial charge is 0.238 e. The van der Waals surface area contributed by atoms with Crippen LogP contribution in [0.15, 0.2) is 42.7 Å². The second kappa shape index (κ2) is 10.1. The summed E-state index contributed by atoms with van der Waals surface area (Å²) < 4.78 is 5.88. The Morgan fingerprint density at radius 1 is 0.941 bits per heavy atom. The maximum Gasteiger partial charge on any atom is 0.238 e.